The van der Waals surface area contributed by atoms with Crippen LogP contribution in [0.15, 0.2) is 29.2 Å². The number of hydrogen-bond donors (Lipinski definition) is 1. The van der Waals surface area contributed by atoms with Gasteiger partial charge >= 0.3 is 6.18 Å². The lowest BCUT2D eigenvalue weighted by Gasteiger charge is -2.13. The molecule has 102 valence electrons. The van der Waals surface area contributed by atoms with Gasteiger partial charge in [-0.15, -0.1) is 11.8 Å². The van der Waals surface area contributed by atoms with Gasteiger partial charge in [-0.05, 0) is 36.3 Å². The van der Waals surface area contributed by atoms with E-state index in [2.05, 4.69) is 19.6 Å². The van der Waals surface area contributed by atoms with Crippen LogP contribution in [0.2, 0.25) is 0 Å². The summed E-state index contributed by atoms with van der Waals surface area (Å²) >= 11 is 5.74. The second-order valence-electron chi connectivity index (χ2n) is 4.17. The second-order valence-corrected chi connectivity index (χ2v) is 5.63. The fraction of sp³-hybridized carbons (Fsp3) is 0.538. The molecule has 1 rings (SSSR count). The minimum Gasteiger partial charge on any atom is -0.179 e. The molecule has 0 aliphatic rings. The normalized spacial score (nSPS) is 13.6. The van der Waals surface area contributed by atoms with Gasteiger partial charge in [-0.2, -0.15) is 25.8 Å². The number of benzene rings is 1. The van der Waals surface area contributed by atoms with Gasteiger partial charge in [-0.3, -0.25) is 0 Å². The average molecular weight is 294 g/mol. The molecule has 0 heterocycles. The summed E-state index contributed by atoms with van der Waals surface area (Å²) in [5.41, 5.74) is -0.578. The summed E-state index contributed by atoms with van der Waals surface area (Å²) in [7, 11) is 0. The third-order valence-electron chi connectivity index (χ3n) is 2.60. The maximum atomic E-state index is 12.5. The molecule has 5 heteroatoms. The maximum absolute atomic E-state index is 12.5. The fourth-order valence-corrected chi connectivity index (χ4v) is 3.20. The number of rotatable bonds is 6. The highest BCUT2D eigenvalue weighted by molar-refractivity contribution is 7.99. The predicted molar refractivity (Wildman–Crippen MR) is 74.4 cm³/mol. The Morgan fingerprint density at radius 2 is 2.06 bits per heavy atom. The van der Waals surface area contributed by atoms with Crippen molar-refractivity contribution in [2.75, 3.05) is 11.5 Å². The fourth-order valence-electron chi connectivity index (χ4n) is 1.61. The number of thiol groups is 1. The molecule has 0 nitrogen and oxygen atoms in total. The summed E-state index contributed by atoms with van der Waals surface area (Å²) in [4.78, 5) is 0.674. The topological polar surface area (TPSA) is 0 Å². The highest BCUT2D eigenvalue weighted by atomic mass is 32.2. The average Bonchev–Trinajstić information content (AvgIpc) is 2.34. The number of alkyl halides is 3. The van der Waals surface area contributed by atoms with Crippen molar-refractivity contribution in [3.8, 4) is 0 Å². The van der Waals surface area contributed by atoms with E-state index in [9.17, 15) is 13.2 Å². The van der Waals surface area contributed by atoms with Crippen molar-refractivity contribution < 1.29 is 13.2 Å². The Morgan fingerprint density at radius 3 is 2.61 bits per heavy atom. The number of hydrogen-bond acceptors (Lipinski definition) is 2. The Hall–Kier alpha value is -0.290. The Labute approximate surface area is 116 Å². The van der Waals surface area contributed by atoms with Crippen LogP contribution in [0.5, 0.6) is 0 Å². The molecule has 1 aromatic rings. The minimum absolute atomic E-state index is 0.456. The third-order valence-corrected chi connectivity index (χ3v) is 4.34. The molecule has 0 saturated carbocycles. The van der Waals surface area contributed by atoms with E-state index in [1.54, 1.807) is 6.07 Å². The molecule has 18 heavy (non-hydrogen) atoms. The first-order chi connectivity index (χ1) is 8.47. The summed E-state index contributed by atoms with van der Waals surface area (Å²) in [6.07, 6.45) is -2.12. The van der Waals surface area contributed by atoms with Gasteiger partial charge in [0.1, 0.15) is 0 Å². The van der Waals surface area contributed by atoms with Gasteiger partial charge in [0.25, 0.3) is 0 Å². The van der Waals surface area contributed by atoms with Crippen molar-refractivity contribution in [2.24, 2.45) is 5.92 Å². The zero-order valence-electron chi connectivity index (χ0n) is 10.2. The van der Waals surface area contributed by atoms with Gasteiger partial charge in [0, 0.05) is 10.6 Å². The standard InChI is InChI=1S/C13H17F3S2/c1-2-4-10(8-17)9-18-12-6-3-5-11(7-12)13(14,15)16/h3,5-7,10,17H,2,4,8-9H2,1H3. The third kappa shape index (κ3) is 5.14. The van der Waals surface area contributed by atoms with E-state index >= 15 is 0 Å². The first-order valence-corrected chi connectivity index (χ1v) is 7.50. The Bertz CT molecular complexity index is 363. The minimum atomic E-state index is -4.26. The lowest BCUT2D eigenvalue weighted by atomic mass is 10.1. The predicted octanol–water partition coefficient (Wildman–Crippen LogP) is 5.14. The largest absolute Gasteiger partial charge is 0.416 e. The summed E-state index contributed by atoms with van der Waals surface area (Å²) in [5, 5.41) is 0. The maximum Gasteiger partial charge on any atom is 0.416 e. The first kappa shape index (κ1) is 15.8. The van der Waals surface area contributed by atoms with E-state index in [0.717, 1.165) is 30.4 Å². The Morgan fingerprint density at radius 1 is 1.33 bits per heavy atom. The van der Waals surface area contributed by atoms with Crippen LogP contribution in [0, 0.1) is 5.92 Å². The van der Waals surface area contributed by atoms with E-state index in [1.165, 1.54) is 23.9 Å². The van der Waals surface area contributed by atoms with Crippen LogP contribution in [-0.4, -0.2) is 11.5 Å². The molecule has 0 aliphatic heterocycles. The highest BCUT2D eigenvalue weighted by Gasteiger charge is 2.30. The van der Waals surface area contributed by atoms with E-state index in [0.29, 0.717) is 10.8 Å². The quantitative estimate of drug-likeness (QED) is 0.559. The molecular weight excluding hydrogens is 277 g/mol. The second kappa shape index (κ2) is 7.34. The zero-order valence-corrected chi connectivity index (χ0v) is 11.9. The summed E-state index contributed by atoms with van der Waals surface area (Å²) < 4.78 is 37.6. The van der Waals surface area contributed by atoms with Crippen molar-refractivity contribution >= 4 is 24.4 Å². The lowest BCUT2D eigenvalue weighted by Crippen LogP contribution is -2.06. The van der Waals surface area contributed by atoms with Crippen molar-refractivity contribution in [3.63, 3.8) is 0 Å². The number of thioether (sulfide) groups is 1. The summed E-state index contributed by atoms with van der Waals surface area (Å²) in [5.74, 6) is 2.05. The van der Waals surface area contributed by atoms with Crippen LogP contribution in [0.4, 0.5) is 13.2 Å². The van der Waals surface area contributed by atoms with E-state index in [4.69, 9.17) is 0 Å². The molecule has 0 saturated heterocycles. The Kier molecular flexibility index (Phi) is 6.43. The van der Waals surface area contributed by atoms with Gasteiger partial charge in [0.2, 0.25) is 0 Å². The van der Waals surface area contributed by atoms with Gasteiger partial charge in [-0.1, -0.05) is 19.4 Å². The smallest absolute Gasteiger partial charge is 0.179 e. The van der Waals surface area contributed by atoms with Gasteiger partial charge in [-0.25, -0.2) is 0 Å². The van der Waals surface area contributed by atoms with Crippen LogP contribution >= 0.6 is 24.4 Å². The van der Waals surface area contributed by atoms with Crippen molar-refractivity contribution in [1.29, 1.82) is 0 Å². The van der Waals surface area contributed by atoms with Gasteiger partial charge in [0.05, 0.1) is 5.56 Å². The molecule has 1 aromatic carbocycles. The van der Waals surface area contributed by atoms with Gasteiger partial charge < -0.3 is 0 Å². The van der Waals surface area contributed by atoms with Crippen molar-refractivity contribution in [2.45, 2.75) is 30.8 Å². The van der Waals surface area contributed by atoms with E-state index in [-0.39, 0.29) is 0 Å². The van der Waals surface area contributed by atoms with Crippen LogP contribution in [-0.2, 0) is 6.18 Å². The first-order valence-electron chi connectivity index (χ1n) is 5.88. The highest BCUT2D eigenvalue weighted by Crippen LogP contribution is 2.32. The van der Waals surface area contributed by atoms with Crippen LogP contribution < -0.4 is 0 Å². The zero-order chi connectivity index (χ0) is 13.6. The molecule has 0 spiro atoms. The lowest BCUT2D eigenvalue weighted by molar-refractivity contribution is -0.137. The molecule has 0 N–H and O–H groups in total. The molecule has 1 atom stereocenters. The van der Waals surface area contributed by atoms with E-state index in [1.807, 2.05) is 0 Å². The SMILES string of the molecule is CCCC(CS)CSc1cccc(C(F)(F)F)c1. The Balaban J connectivity index is 2.62. The monoisotopic (exact) mass is 294 g/mol. The molecule has 0 aliphatic carbocycles. The molecule has 0 amide bonds. The molecular formula is C13H17F3S2. The van der Waals surface area contributed by atoms with Crippen LogP contribution in [0.3, 0.4) is 0 Å². The van der Waals surface area contributed by atoms with Gasteiger partial charge in [0.15, 0.2) is 0 Å². The van der Waals surface area contributed by atoms with Crippen molar-refractivity contribution in [3.05, 3.63) is 29.8 Å². The summed E-state index contributed by atoms with van der Waals surface area (Å²) in [6.45, 7) is 2.10. The number of halogens is 3. The molecule has 1 unspecified atom stereocenters. The molecule has 0 bridgehead atoms. The van der Waals surface area contributed by atoms with Crippen LogP contribution in [0.25, 0.3) is 0 Å². The molecule has 0 radical (unpaired) electrons. The van der Waals surface area contributed by atoms with Crippen LogP contribution in [0.1, 0.15) is 25.3 Å². The molecule has 0 fully saturated rings. The summed E-state index contributed by atoms with van der Waals surface area (Å²) in [6, 6.07) is 5.50. The molecule has 0 aromatic heterocycles. The van der Waals surface area contributed by atoms with E-state index < -0.39 is 11.7 Å². The van der Waals surface area contributed by atoms with Crippen molar-refractivity contribution in [1.82, 2.24) is 0 Å².